The van der Waals surface area contributed by atoms with E-state index in [2.05, 4.69) is 10.3 Å². The molecule has 27 heavy (non-hydrogen) atoms. The van der Waals surface area contributed by atoms with E-state index in [4.69, 9.17) is 4.42 Å². The Labute approximate surface area is 161 Å². The number of carbonyl (C=O) groups excluding carboxylic acids is 1. The summed E-state index contributed by atoms with van der Waals surface area (Å²) in [6.07, 6.45) is 0. The minimum atomic E-state index is -1.18. The number of nitrogens with one attached hydrogen (secondary N) is 1. The lowest BCUT2D eigenvalue weighted by molar-refractivity contribution is 0.0943. The minimum absolute atomic E-state index is 0.0830. The van der Waals surface area contributed by atoms with Crippen molar-refractivity contribution in [3.8, 4) is 11.5 Å². The zero-order chi connectivity index (χ0) is 19.4. The second-order valence-electron chi connectivity index (χ2n) is 6.53. The number of aryl methyl sites for hydroxylation is 1. The highest BCUT2D eigenvalue weighted by Crippen LogP contribution is 2.24. The Morgan fingerprint density at radius 1 is 1.11 bits per heavy atom. The van der Waals surface area contributed by atoms with Crippen LogP contribution in [-0.2, 0) is 16.6 Å². The average molecular weight is 382 g/mol. The average Bonchev–Trinajstić information content (AvgIpc) is 3.02. The maximum Gasteiger partial charge on any atom is 0.251 e. The van der Waals surface area contributed by atoms with E-state index in [0.717, 1.165) is 10.5 Å². The molecule has 3 rings (SSSR count). The zero-order valence-electron chi connectivity index (χ0n) is 15.6. The van der Waals surface area contributed by atoms with Crippen molar-refractivity contribution >= 4 is 16.7 Å². The van der Waals surface area contributed by atoms with Gasteiger partial charge in [-0.2, -0.15) is 0 Å². The Kier molecular flexibility index (Phi) is 5.86. The molecule has 0 spiro atoms. The van der Waals surface area contributed by atoms with E-state index >= 15 is 0 Å². The highest BCUT2D eigenvalue weighted by Gasteiger charge is 2.15. The Hall–Kier alpha value is -2.73. The van der Waals surface area contributed by atoms with Gasteiger partial charge in [0.25, 0.3) is 5.91 Å². The summed E-state index contributed by atoms with van der Waals surface area (Å²) in [6.45, 7) is 5.66. The minimum Gasteiger partial charge on any atom is -0.441 e. The molecule has 140 valence electrons. The lowest BCUT2D eigenvalue weighted by Crippen LogP contribution is -2.29. The van der Waals surface area contributed by atoms with Gasteiger partial charge in [0.2, 0.25) is 5.89 Å². The number of aromatic nitrogens is 1. The van der Waals surface area contributed by atoms with Crippen molar-refractivity contribution in [3.05, 3.63) is 71.6 Å². The Balaban J connectivity index is 1.76. The van der Waals surface area contributed by atoms with Crippen molar-refractivity contribution in [2.75, 3.05) is 0 Å². The summed E-state index contributed by atoms with van der Waals surface area (Å²) >= 11 is 0. The lowest BCUT2D eigenvalue weighted by Gasteiger charge is -2.08. The third kappa shape index (κ3) is 4.71. The summed E-state index contributed by atoms with van der Waals surface area (Å²) in [4.78, 5) is 17.3. The first kappa shape index (κ1) is 19.0. The van der Waals surface area contributed by atoms with Crippen LogP contribution in [0.5, 0.6) is 0 Å². The molecule has 0 saturated heterocycles. The van der Waals surface area contributed by atoms with Crippen LogP contribution in [0.2, 0.25) is 0 Å². The van der Waals surface area contributed by atoms with Crippen LogP contribution in [0.4, 0.5) is 0 Å². The van der Waals surface area contributed by atoms with E-state index < -0.39 is 10.8 Å². The first-order chi connectivity index (χ1) is 12.9. The summed E-state index contributed by atoms with van der Waals surface area (Å²) in [5, 5.41) is 2.86. The molecule has 0 bridgehead atoms. The molecule has 0 fully saturated rings. The van der Waals surface area contributed by atoms with E-state index in [9.17, 15) is 9.00 Å². The molecular weight excluding hydrogens is 360 g/mol. The van der Waals surface area contributed by atoms with Crippen LogP contribution in [-0.4, -0.2) is 21.1 Å². The van der Waals surface area contributed by atoms with Gasteiger partial charge in [-0.25, -0.2) is 4.98 Å². The zero-order valence-corrected chi connectivity index (χ0v) is 16.4. The van der Waals surface area contributed by atoms with Crippen molar-refractivity contribution in [2.45, 2.75) is 37.5 Å². The Morgan fingerprint density at radius 3 is 2.41 bits per heavy atom. The van der Waals surface area contributed by atoms with Gasteiger partial charge in [0.15, 0.2) is 0 Å². The van der Waals surface area contributed by atoms with Gasteiger partial charge in [-0.1, -0.05) is 18.2 Å². The van der Waals surface area contributed by atoms with Crippen LogP contribution in [0.1, 0.15) is 35.7 Å². The Bertz CT molecular complexity index is 947. The lowest BCUT2D eigenvalue weighted by atomic mass is 10.1. The van der Waals surface area contributed by atoms with Crippen LogP contribution in [0, 0.1) is 6.92 Å². The maximum atomic E-state index is 12.5. The Morgan fingerprint density at radius 2 is 1.78 bits per heavy atom. The van der Waals surface area contributed by atoms with Crippen molar-refractivity contribution in [1.29, 1.82) is 0 Å². The molecule has 1 aromatic heterocycles. The fraction of sp³-hybridized carbons (Fsp3) is 0.238. The van der Waals surface area contributed by atoms with Gasteiger partial charge in [0.05, 0.1) is 22.2 Å². The number of benzene rings is 2. The van der Waals surface area contributed by atoms with Crippen LogP contribution in [0.15, 0.2) is 63.9 Å². The number of carbonyl (C=O) groups is 1. The number of hydrogen-bond donors (Lipinski definition) is 1. The van der Waals surface area contributed by atoms with Gasteiger partial charge in [-0.05, 0) is 57.2 Å². The highest BCUT2D eigenvalue weighted by atomic mass is 32.2. The van der Waals surface area contributed by atoms with Gasteiger partial charge >= 0.3 is 0 Å². The first-order valence-electron chi connectivity index (χ1n) is 8.75. The number of hydrogen-bond acceptors (Lipinski definition) is 4. The monoisotopic (exact) mass is 382 g/mol. The maximum absolute atomic E-state index is 12.5. The van der Waals surface area contributed by atoms with Crippen molar-refractivity contribution < 1.29 is 13.4 Å². The fourth-order valence-electron chi connectivity index (χ4n) is 2.57. The quantitative estimate of drug-likeness (QED) is 0.697. The molecule has 3 aromatic rings. The molecule has 0 aliphatic carbocycles. The fourth-order valence-corrected chi connectivity index (χ4v) is 3.72. The third-order valence-electron chi connectivity index (χ3n) is 3.98. The summed E-state index contributed by atoms with van der Waals surface area (Å²) in [5.74, 6) is 1.30. The van der Waals surface area contributed by atoms with E-state index in [-0.39, 0.29) is 11.9 Å². The van der Waals surface area contributed by atoms with E-state index in [1.807, 2.05) is 51.1 Å². The molecular formula is C21H22N2O3S. The standard InChI is InChI=1S/C21H22N2O3S/c1-14(2)22-20(24)16-9-11-17(12-10-16)21-23-19(15(3)26-21)13-27(25)18-7-5-4-6-8-18/h4-12,14H,13H2,1-3H3,(H,22,24)/t27-/m0/s1. The molecule has 6 heteroatoms. The summed E-state index contributed by atoms with van der Waals surface area (Å²) in [7, 11) is -1.18. The van der Waals surface area contributed by atoms with E-state index in [1.165, 1.54) is 0 Å². The molecule has 1 atom stereocenters. The summed E-state index contributed by atoms with van der Waals surface area (Å²) < 4.78 is 18.3. The molecule has 0 unspecified atom stereocenters. The van der Waals surface area contributed by atoms with Crippen LogP contribution >= 0.6 is 0 Å². The molecule has 1 heterocycles. The van der Waals surface area contributed by atoms with Crippen LogP contribution < -0.4 is 5.32 Å². The normalized spacial score (nSPS) is 12.1. The van der Waals surface area contributed by atoms with Gasteiger partial charge in [0, 0.05) is 22.1 Å². The number of amides is 1. The molecule has 0 aliphatic rings. The van der Waals surface area contributed by atoms with Gasteiger partial charge in [-0.15, -0.1) is 0 Å². The smallest absolute Gasteiger partial charge is 0.251 e. The molecule has 0 radical (unpaired) electrons. The number of nitrogens with zero attached hydrogens (tertiary/aromatic N) is 1. The van der Waals surface area contributed by atoms with Crippen LogP contribution in [0.3, 0.4) is 0 Å². The number of oxazole rings is 1. The third-order valence-corrected chi connectivity index (χ3v) is 5.31. The number of rotatable bonds is 6. The van der Waals surface area contributed by atoms with Gasteiger partial charge in [0.1, 0.15) is 5.76 Å². The van der Waals surface area contributed by atoms with E-state index in [0.29, 0.717) is 28.7 Å². The van der Waals surface area contributed by atoms with Crippen molar-refractivity contribution in [3.63, 3.8) is 0 Å². The largest absolute Gasteiger partial charge is 0.441 e. The first-order valence-corrected chi connectivity index (χ1v) is 10.1. The predicted molar refractivity (Wildman–Crippen MR) is 106 cm³/mol. The predicted octanol–water partition coefficient (Wildman–Crippen LogP) is 4.10. The van der Waals surface area contributed by atoms with Gasteiger partial charge < -0.3 is 9.73 Å². The summed E-state index contributed by atoms with van der Waals surface area (Å²) in [6, 6.07) is 16.5. The second-order valence-corrected chi connectivity index (χ2v) is 7.98. The van der Waals surface area contributed by atoms with Crippen molar-refractivity contribution in [2.24, 2.45) is 0 Å². The molecule has 0 aliphatic heterocycles. The van der Waals surface area contributed by atoms with E-state index in [1.54, 1.807) is 24.3 Å². The molecule has 5 nitrogen and oxygen atoms in total. The summed E-state index contributed by atoms with van der Waals surface area (Å²) in [5.41, 5.74) is 2.03. The van der Waals surface area contributed by atoms with Gasteiger partial charge in [-0.3, -0.25) is 9.00 Å². The van der Waals surface area contributed by atoms with Crippen LogP contribution in [0.25, 0.3) is 11.5 Å². The molecule has 1 N–H and O–H groups in total. The molecule has 0 saturated carbocycles. The molecule has 2 aromatic carbocycles. The van der Waals surface area contributed by atoms with Crippen molar-refractivity contribution in [1.82, 2.24) is 10.3 Å². The molecule has 1 amide bonds. The second kappa shape index (κ2) is 8.31. The SMILES string of the molecule is Cc1oc(-c2ccc(C(=O)NC(C)C)cc2)nc1C[S@](=O)c1ccccc1. The highest BCUT2D eigenvalue weighted by molar-refractivity contribution is 7.84. The topological polar surface area (TPSA) is 72.2 Å².